The van der Waals surface area contributed by atoms with Crippen molar-refractivity contribution in [2.75, 3.05) is 13.2 Å². The molecular weight excluding hydrogens is 216 g/mol. The van der Waals surface area contributed by atoms with E-state index in [0.29, 0.717) is 6.61 Å². The fourth-order valence-corrected chi connectivity index (χ4v) is 1.45. The highest BCUT2D eigenvalue weighted by molar-refractivity contribution is 5.11. The normalized spacial score (nSPS) is 10.4. The third-order valence-electron chi connectivity index (χ3n) is 2.28. The summed E-state index contributed by atoms with van der Waals surface area (Å²) in [6.45, 7) is 2.24. The van der Waals surface area contributed by atoms with Crippen LogP contribution < -0.4 is 10.1 Å². The Morgan fingerprint density at radius 2 is 2.35 bits per heavy atom. The third kappa shape index (κ3) is 3.88. The van der Waals surface area contributed by atoms with Crippen LogP contribution in [0.15, 0.2) is 36.9 Å². The summed E-state index contributed by atoms with van der Waals surface area (Å²) in [6, 6.07) is 3.98. The fourth-order valence-electron chi connectivity index (χ4n) is 1.45. The Hall–Kier alpha value is -1.88. The first-order valence-corrected chi connectivity index (χ1v) is 5.55. The Labute approximate surface area is 100 Å². The smallest absolute Gasteiger partial charge is 0.157 e. The van der Waals surface area contributed by atoms with E-state index < -0.39 is 0 Å². The number of aryl methyl sites for hydroxylation is 1. The fraction of sp³-hybridized carbons (Fsp3) is 0.333. The molecule has 0 atom stereocenters. The molecule has 2 rings (SSSR count). The molecule has 0 radical (unpaired) electrons. The highest BCUT2D eigenvalue weighted by atomic mass is 16.5. The molecule has 0 bridgehead atoms. The summed E-state index contributed by atoms with van der Waals surface area (Å²) in [7, 11) is 1.87. The van der Waals surface area contributed by atoms with Crippen LogP contribution in [0.1, 0.15) is 5.56 Å². The Morgan fingerprint density at radius 3 is 3.06 bits per heavy atom. The molecule has 0 spiro atoms. The van der Waals surface area contributed by atoms with Gasteiger partial charge in [-0.15, -0.1) is 0 Å². The van der Waals surface area contributed by atoms with E-state index in [1.54, 1.807) is 17.1 Å². The van der Waals surface area contributed by atoms with Crippen molar-refractivity contribution in [3.63, 3.8) is 0 Å². The lowest BCUT2D eigenvalue weighted by atomic mass is 10.3. The van der Waals surface area contributed by atoms with Crippen molar-refractivity contribution < 1.29 is 4.74 Å². The van der Waals surface area contributed by atoms with Crippen LogP contribution >= 0.6 is 0 Å². The molecule has 17 heavy (non-hydrogen) atoms. The predicted octanol–water partition coefficient (Wildman–Crippen LogP) is 0.984. The Kier molecular flexibility index (Phi) is 4.10. The van der Waals surface area contributed by atoms with Crippen molar-refractivity contribution in [1.29, 1.82) is 0 Å². The molecule has 2 aromatic rings. The lowest BCUT2D eigenvalue weighted by molar-refractivity contribution is 0.313. The zero-order chi connectivity index (χ0) is 11.9. The SMILES string of the molecule is Cn1cc(OCCNCc2cccnc2)cn1. The van der Waals surface area contributed by atoms with Gasteiger partial charge in [0.2, 0.25) is 0 Å². The minimum atomic E-state index is 0.631. The summed E-state index contributed by atoms with van der Waals surface area (Å²) in [6.07, 6.45) is 7.19. The average Bonchev–Trinajstić information content (AvgIpc) is 2.76. The lowest BCUT2D eigenvalue weighted by Crippen LogP contribution is -2.20. The molecule has 1 N–H and O–H groups in total. The molecule has 0 aromatic carbocycles. The Balaban J connectivity index is 1.61. The minimum Gasteiger partial charge on any atom is -0.489 e. The van der Waals surface area contributed by atoms with Gasteiger partial charge in [0, 0.05) is 32.5 Å². The number of nitrogens with zero attached hydrogens (tertiary/aromatic N) is 3. The first-order valence-electron chi connectivity index (χ1n) is 5.55. The van der Waals surface area contributed by atoms with Gasteiger partial charge in [0.25, 0.3) is 0 Å². The molecule has 0 aliphatic heterocycles. The number of hydrogen-bond acceptors (Lipinski definition) is 4. The van der Waals surface area contributed by atoms with Gasteiger partial charge in [-0.05, 0) is 11.6 Å². The van der Waals surface area contributed by atoms with Crippen molar-refractivity contribution in [1.82, 2.24) is 20.1 Å². The molecule has 0 saturated carbocycles. The highest BCUT2D eigenvalue weighted by Gasteiger charge is 1.96. The van der Waals surface area contributed by atoms with Crippen molar-refractivity contribution >= 4 is 0 Å². The predicted molar refractivity (Wildman–Crippen MR) is 64.6 cm³/mol. The molecule has 5 heteroatoms. The summed E-state index contributed by atoms with van der Waals surface area (Å²) >= 11 is 0. The largest absolute Gasteiger partial charge is 0.489 e. The Bertz CT molecular complexity index is 441. The van der Waals surface area contributed by atoms with Gasteiger partial charge in [-0.25, -0.2) is 0 Å². The molecule has 0 unspecified atom stereocenters. The third-order valence-corrected chi connectivity index (χ3v) is 2.28. The van der Waals surface area contributed by atoms with Crippen LogP contribution in [0.25, 0.3) is 0 Å². The topological polar surface area (TPSA) is 52.0 Å². The number of rotatable bonds is 6. The van der Waals surface area contributed by atoms with Gasteiger partial charge < -0.3 is 10.1 Å². The standard InChI is InChI=1S/C12H16N4O/c1-16-10-12(9-15-16)17-6-5-14-8-11-3-2-4-13-7-11/h2-4,7,9-10,14H,5-6,8H2,1H3. The van der Waals surface area contributed by atoms with Gasteiger partial charge in [-0.1, -0.05) is 6.07 Å². The lowest BCUT2D eigenvalue weighted by Gasteiger charge is -2.05. The molecule has 0 aliphatic carbocycles. The second-order valence-corrected chi connectivity index (χ2v) is 3.74. The van der Waals surface area contributed by atoms with Crippen LogP contribution in [0.2, 0.25) is 0 Å². The van der Waals surface area contributed by atoms with Crippen LogP contribution in [-0.2, 0) is 13.6 Å². The minimum absolute atomic E-state index is 0.631. The molecule has 2 aromatic heterocycles. The van der Waals surface area contributed by atoms with E-state index in [0.717, 1.165) is 18.8 Å². The van der Waals surface area contributed by atoms with Crippen molar-refractivity contribution in [2.24, 2.45) is 7.05 Å². The maximum atomic E-state index is 5.50. The van der Waals surface area contributed by atoms with E-state index in [9.17, 15) is 0 Å². The molecule has 0 aliphatic rings. The molecule has 5 nitrogen and oxygen atoms in total. The average molecular weight is 232 g/mol. The number of ether oxygens (including phenoxy) is 1. The summed E-state index contributed by atoms with van der Waals surface area (Å²) in [5.74, 6) is 0.802. The second-order valence-electron chi connectivity index (χ2n) is 3.74. The van der Waals surface area contributed by atoms with E-state index >= 15 is 0 Å². The van der Waals surface area contributed by atoms with Gasteiger partial charge in [-0.2, -0.15) is 5.10 Å². The van der Waals surface area contributed by atoms with Crippen LogP contribution in [0, 0.1) is 0 Å². The summed E-state index contributed by atoms with van der Waals surface area (Å²) < 4.78 is 7.22. The molecule has 0 amide bonds. The van der Waals surface area contributed by atoms with E-state index in [1.807, 2.05) is 31.6 Å². The number of aromatic nitrogens is 3. The molecule has 0 saturated heterocycles. The molecule has 0 fully saturated rings. The monoisotopic (exact) mass is 232 g/mol. The molecule has 2 heterocycles. The summed E-state index contributed by atoms with van der Waals surface area (Å²) in [5, 5.41) is 7.31. The first kappa shape index (κ1) is 11.6. The molecule has 90 valence electrons. The Morgan fingerprint density at radius 1 is 1.41 bits per heavy atom. The maximum absolute atomic E-state index is 5.50. The molecular formula is C12H16N4O. The van der Waals surface area contributed by atoms with Crippen molar-refractivity contribution in [3.8, 4) is 5.75 Å². The quantitative estimate of drug-likeness (QED) is 0.754. The van der Waals surface area contributed by atoms with Crippen molar-refractivity contribution in [3.05, 3.63) is 42.5 Å². The van der Waals surface area contributed by atoms with Gasteiger partial charge in [0.1, 0.15) is 6.61 Å². The first-order chi connectivity index (χ1) is 8.34. The van der Waals surface area contributed by atoms with Gasteiger partial charge in [0.15, 0.2) is 5.75 Å². The zero-order valence-corrected chi connectivity index (χ0v) is 9.84. The van der Waals surface area contributed by atoms with Crippen LogP contribution in [0.5, 0.6) is 5.75 Å². The number of pyridine rings is 1. The van der Waals surface area contributed by atoms with E-state index in [4.69, 9.17) is 4.74 Å². The second kappa shape index (κ2) is 6.00. The number of nitrogens with one attached hydrogen (secondary N) is 1. The van der Waals surface area contributed by atoms with Gasteiger partial charge in [-0.3, -0.25) is 9.67 Å². The van der Waals surface area contributed by atoms with Crippen molar-refractivity contribution in [2.45, 2.75) is 6.54 Å². The maximum Gasteiger partial charge on any atom is 0.157 e. The summed E-state index contributed by atoms with van der Waals surface area (Å²) in [5.41, 5.74) is 1.17. The van der Waals surface area contributed by atoms with E-state index in [1.165, 1.54) is 5.56 Å². The van der Waals surface area contributed by atoms with E-state index in [2.05, 4.69) is 15.4 Å². The number of hydrogen-bond donors (Lipinski definition) is 1. The van der Waals surface area contributed by atoms with E-state index in [-0.39, 0.29) is 0 Å². The summed E-state index contributed by atoms with van der Waals surface area (Å²) in [4.78, 5) is 4.05. The van der Waals surface area contributed by atoms with Crippen LogP contribution in [-0.4, -0.2) is 27.9 Å². The van der Waals surface area contributed by atoms with Crippen LogP contribution in [0.4, 0.5) is 0 Å². The zero-order valence-electron chi connectivity index (χ0n) is 9.84. The highest BCUT2D eigenvalue weighted by Crippen LogP contribution is 2.05. The van der Waals surface area contributed by atoms with Gasteiger partial charge in [0.05, 0.1) is 12.4 Å². The van der Waals surface area contributed by atoms with Crippen LogP contribution in [0.3, 0.4) is 0 Å². The van der Waals surface area contributed by atoms with Gasteiger partial charge >= 0.3 is 0 Å².